The number of hydrogen-bond donors (Lipinski definition) is 2. The summed E-state index contributed by atoms with van der Waals surface area (Å²) < 4.78 is 45.3. The molecular weight excluding hydrogens is 1490 g/mol. The number of hydrogen-bond acceptors (Lipinski definition) is 20. The standard InChI is InChI=1S/C24H17ClFN3O.C20H18N2O3.C19H18N2O2.C18H14N2O2.C7H8BrNO2/c25-21-15-18(11-12-22(21)26)28-16-17-13-14-27-24(23(17)30)29(19-7-3-1-4-8-19)20-9-5-2-6-10-20;1-24-15-25-19-16(14-23)12-13-21-20(19)22(17-8-4-2-5-9-17)18-10-6-3-7-11-18;1-22-15-23-18-13-8-14-20-19(18)21(16-9-4-2-5-10-16)17-11-6-3-7-12-17;21-13-14-11-12-19-18(17(14)22)20(15-7-3-1-4-8-15)16-9-5-2-6-10-16;1-10-5-11-6-3-2-4-9-7(6)8/h1-16,30H;2-14H,15H2,1H3;2-14H,15H2,1H3;1-13,22H;2-4H,5H2,1H3. The number of aromatic hydroxyl groups is 2. The van der Waals surface area contributed by atoms with Crippen molar-refractivity contribution >= 4 is 121 Å². The van der Waals surface area contributed by atoms with E-state index in [4.69, 9.17) is 40.0 Å². The molecule has 9 aromatic carbocycles. The summed E-state index contributed by atoms with van der Waals surface area (Å²) in [6, 6.07) is 94.5. The molecule has 0 saturated heterocycles. The molecule has 0 aliphatic heterocycles. The third kappa shape index (κ3) is 22.3. The topological polar surface area (TPSA) is 220 Å². The predicted molar refractivity (Wildman–Crippen MR) is 438 cm³/mol. The fourth-order valence-electron chi connectivity index (χ4n) is 10.7. The van der Waals surface area contributed by atoms with Crippen LogP contribution >= 0.6 is 27.5 Å². The van der Waals surface area contributed by atoms with Gasteiger partial charge in [-0.05, 0) is 174 Å². The summed E-state index contributed by atoms with van der Waals surface area (Å²) in [5.41, 5.74) is 8.81. The number of aromatic nitrogens is 5. The summed E-state index contributed by atoms with van der Waals surface area (Å²) in [6.07, 6.45) is 11.0. The molecular formula is C88H75BrClFN10O10. The molecule has 20 nitrogen and oxygen atoms in total. The van der Waals surface area contributed by atoms with Gasteiger partial charge in [0.25, 0.3) is 0 Å². The lowest BCUT2D eigenvalue weighted by molar-refractivity contribution is 0.0502. The van der Waals surface area contributed by atoms with Crippen molar-refractivity contribution in [1.29, 1.82) is 0 Å². The van der Waals surface area contributed by atoms with Crippen LogP contribution in [0.5, 0.6) is 28.7 Å². The Kier molecular flexibility index (Phi) is 30.8. The molecule has 0 radical (unpaired) electrons. The Balaban J connectivity index is 0.000000151. The van der Waals surface area contributed by atoms with Gasteiger partial charge in [0.1, 0.15) is 10.4 Å². The summed E-state index contributed by atoms with van der Waals surface area (Å²) in [6.45, 7) is 0.442. The van der Waals surface area contributed by atoms with Gasteiger partial charge in [-0.25, -0.2) is 29.3 Å². The monoisotopic (exact) mass is 1560 g/mol. The molecule has 111 heavy (non-hydrogen) atoms. The Morgan fingerprint density at radius 3 is 1.09 bits per heavy atom. The Hall–Kier alpha value is -13.5. The average Bonchev–Trinajstić information content (AvgIpc) is 0.802. The van der Waals surface area contributed by atoms with E-state index < -0.39 is 5.82 Å². The number of halogens is 3. The predicted octanol–water partition coefficient (Wildman–Crippen LogP) is 21.6. The molecule has 23 heteroatoms. The van der Waals surface area contributed by atoms with Gasteiger partial charge in [0, 0.05) is 110 Å². The molecule has 0 spiro atoms. The molecule has 558 valence electrons. The fraction of sp³-hybridized carbons (Fsp3) is 0.0682. The molecule has 0 amide bonds. The smallest absolute Gasteiger partial charge is 0.188 e. The van der Waals surface area contributed by atoms with Crippen molar-refractivity contribution in [1.82, 2.24) is 24.9 Å². The number of aliphatic imine (C=N–C) groups is 1. The number of ether oxygens (including phenoxy) is 6. The van der Waals surface area contributed by atoms with Crippen molar-refractivity contribution in [2.45, 2.75) is 0 Å². The molecule has 0 aliphatic carbocycles. The Labute approximate surface area is 655 Å². The summed E-state index contributed by atoms with van der Waals surface area (Å²) in [5.74, 6) is 3.01. The molecule has 5 heterocycles. The van der Waals surface area contributed by atoms with E-state index in [1.54, 1.807) is 57.2 Å². The Bertz CT molecular complexity index is 5030. The van der Waals surface area contributed by atoms with E-state index in [2.05, 4.69) is 50.7 Å². The SMILES string of the molecule is COCOc1c(C=O)ccnc1N(c1ccccc1)c1ccccc1.COCOc1cccnc1Br.COCOc1cccnc1N(c1ccccc1)c1ccccc1.O=Cc1ccnc(N(c2ccccc2)c2ccccc2)c1O.Oc1c(C=Nc2ccc(F)c(Cl)c2)ccnc1N(c1ccccc1)c1ccccc1. The van der Waals surface area contributed by atoms with Crippen LogP contribution in [-0.2, 0) is 14.2 Å². The molecule has 0 fully saturated rings. The van der Waals surface area contributed by atoms with Gasteiger partial charge in [0.2, 0.25) is 0 Å². The van der Waals surface area contributed by atoms with Crippen LogP contribution in [0, 0.1) is 5.82 Å². The van der Waals surface area contributed by atoms with Crippen LogP contribution in [0.15, 0.2) is 344 Å². The molecule has 0 bridgehead atoms. The lowest BCUT2D eigenvalue weighted by atomic mass is 10.2. The maximum atomic E-state index is 13.4. The molecule has 0 aliphatic rings. The highest BCUT2D eigenvalue weighted by Crippen LogP contribution is 2.44. The summed E-state index contributed by atoms with van der Waals surface area (Å²) >= 11 is 9.05. The number of carbonyl (C=O) groups is 2. The summed E-state index contributed by atoms with van der Waals surface area (Å²) in [7, 11) is 4.70. The van der Waals surface area contributed by atoms with Crippen LogP contribution in [0.4, 0.5) is 78.8 Å². The van der Waals surface area contributed by atoms with Crippen molar-refractivity contribution in [3.8, 4) is 28.7 Å². The molecule has 5 aromatic heterocycles. The van der Waals surface area contributed by atoms with Gasteiger partial charge in [-0.1, -0.05) is 157 Å². The highest BCUT2D eigenvalue weighted by molar-refractivity contribution is 9.10. The van der Waals surface area contributed by atoms with Crippen LogP contribution in [0.3, 0.4) is 0 Å². The van der Waals surface area contributed by atoms with Crippen LogP contribution in [0.1, 0.15) is 26.3 Å². The van der Waals surface area contributed by atoms with Gasteiger partial charge in [0.15, 0.2) is 85.0 Å². The number of benzene rings is 9. The van der Waals surface area contributed by atoms with Gasteiger partial charge >= 0.3 is 0 Å². The minimum atomic E-state index is -0.508. The normalized spacial score (nSPS) is 10.4. The van der Waals surface area contributed by atoms with Crippen LogP contribution in [0.2, 0.25) is 5.02 Å². The number of para-hydroxylation sites is 8. The summed E-state index contributed by atoms with van der Waals surface area (Å²) in [4.78, 5) is 56.2. The zero-order valence-electron chi connectivity index (χ0n) is 60.4. The third-order valence-electron chi connectivity index (χ3n) is 15.7. The summed E-state index contributed by atoms with van der Waals surface area (Å²) in [5, 5.41) is 21.3. The van der Waals surface area contributed by atoms with E-state index in [9.17, 15) is 24.2 Å². The first-order valence-electron chi connectivity index (χ1n) is 34.3. The van der Waals surface area contributed by atoms with Gasteiger partial charge in [-0.2, -0.15) is 0 Å². The lowest BCUT2D eigenvalue weighted by Crippen LogP contribution is -2.15. The molecule has 0 atom stereocenters. The van der Waals surface area contributed by atoms with E-state index in [0.717, 1.165) is 57.6 Å². The van der Waals surface area contributed by atoms with Gasteiger partial charge in [0.05, 0.1) is 21.8 Å². The quantitative estimate of drug-likeness (QED) is 0.0235. The Morgan fingerprint density at radius 2 is 0.703 bits per heavy atom. The van der Waals surface area contributed by atoms with E-state index in [1.807, 2.05) is 276 Å². The second-order valence-electron chi connectivity index (χ2n) is 23.1. The first-order valence-corrected chi connectivity index (χ1v) is 35.5. The molecule has 14 aromatic rings. The molecule has 0 unspecified atom stereocenters. The average molecular weight is 1570 g/mol. The van der Waals surface area contributed by atoms with Crippen molar-refractivity contribution in [2.24, 2.45) is 4.99 Å². The van der Waals surface area contributed by atoms with E-state index >= 15 is 0 Å². The van der Waals surface area contributed by atoms with Gasteiger partial charge in [-0.3, -0.25) is 34.2 Å². The van der Waals surface area contributed by atoms with Crippen LogP contribution < -0.4 is 33.8 Å². The number of aldehydes is 2. The zero-order chi connectivity index (χ0) is 77.8. The highest BCUT2D eigenvalue weighted by atomic mass is 79.9. The van der Waals surface area contributed by atoms with Crippen molar-refractivity contribution in [2.75, 3.05) is 61.3 Å². The molecule has 0 saturated carbocycles. The number of methoxy groups -OCH3 is 3. The molecule has 14 rings (SSSR count). The van der Waals surface area contributed by atoms with Crippen molar-refractivity contribution in [3.63, 3.8) is 0 Å². The highest BCUT2D eigenvalue weighted by Gasteiger charge is 2.24. The van der Waals surface area contributed by atoms with Crippen LogP contribution in [0.25, 0.3) is 0 Å². The van der Waals surface area contributed by atoms with E-state index in [0.29, 0.717) is 62.4 Å². The number of carbonyl (C=O) groups excluding carboxylic acids is 2. The number of pyridine rings is 5. The van der Waals surface area contributed by atoms with E-state index in [-0.39, 0.29) is 42.5 Å². The van der Waals surface area contributed by atoms with Gasteiger partial charge in [-0.15, -0.1) is 0 Å². The second-order valence-corrected chi connectivity index (χ2v) is 24.2. The van der Waals surface area contributed by atoms with E-state index in [1.165, 1.54) is 43.8 Å². The van der Waals surface area contributed by atoms with Gasteiger partial charge < -0.3 is 38.6 Å². The lowest BCUT2D eigenvalue weighted by Gasteiger charge is -2.26. The second kappa shape index (κ2) is 42.8. The largest absolute Gasteiger partial charge is 0.504 e. The maximum Gasteiger partial charge on any atom is 0.188 e. The Morgan fingerprint density at radius 1 is 0.378 bits per heavy atom. The zero-order valence-corrected chi connectivity index (χ0v) is 62.7. The van der Waals surface area contributed by atoms with Crippen molar-refractivity contribution < 1.29 is 52.6 Å². The fourth-order valence-corrected chi connectivity index (χ4v) is 11.2. The number of nitrogens with zero attached hydrogens (tertiary/aromatic N) is 10. The number of anilines is 12. The first kappa shape index (κ1) is 80.1. The third-order valence-corrected chi connectivity index (χ3v) is 16.6. The molecule has 2 N–H and O–H groups in total. The van der Waals surface area contributed by atoms with Crippen molar-refractivity contribution in [3.05, 3.63) is 366 Å². The minimum absolute atomic E-state index is 0.0105. The minimum Gasteiger partial charge on any atom is -0.504 e. The van der Waals surface area contributed by atoms with Crippen LogP contribution in [-0.4, -0.2) is 95.6 Å². The first-order chi connectivity index (χ1) is 54.5. The number of rotatable bonds is 25. The maximum absolute atomic E-state index is 13.4.